The van der Waals surface area contributed by atoms with Gasteiger partial charge in [0.25, 0.3) is 0 Å². The van der Waals surface area contributed by atoms with Gasteiger partial charge in [-0.2, -0.15) is 0 Å². The van der Waals surface area contributed by atoms with E-state index in [-0.39, 0.29) is 5.91 Å². The highest BCUT2D eigenvalue weighted by atomic mass is 32.2. The highest BCUT2D eigenvalue weighted by molar-refractivity contribution is 7.99. The summed E-state index contributed by atoms with van der Waals surface area (Å²) in [5.41, 5.74) is 0.944. The number of amides is 1. The number of nitrogens with one attached hydrogen (secondary N) is 1. The van der Waals surface area contributed by atoms with Crippen LogP contribution in [0.3, 0.4) is 0 Å². The maximum absolute atomic E-state index is 12.3. The first kappa shape index (κ1) is 18.9. The van der Waals surface area contributed by atoms with E-state index in [2.05, 4.69) is 38.9 Å². The van der Waals surface area contributed by atoms with Crippen LogP contribution in [0.5, 0.6) is 0 Å². The van der Waals surface area contributed by atoms with Crippen molar-refractivity contribution in [2.45, 2.75) is 63.7 Å². The second-order valence-corrected chi connectivity index (χ2v) is 8.19. The molecule has 2 aromatic rings. The molecule has 0 aromatic carbocycles. The van der Waals surface area contributed by atoms with Gasteiger partial charge in [0.05, 0.1) is 5.75 Å². The SMILES string of the molecule is CC(C)Cn1c(SCC(=O)NC2CCCCC2)nnc1-c1cccnc1. The van der Waals surface area contributed by atoms with E-state index in [0.29, 0.717) is 17.7 Å². The largest absolute Gasteiger partial charge is 0.353 e. The number of carbonyl (C=O) groups is 1. The van der Waals surface area contributed by atoms with Gasteiger partial charge >= 0.3 is 0 Å². The number of hydrogen-bond donors (Lipinski definition) is 1. The van der Waals surface area contributed by atoms with Crippen molar-refractivity contribution in [2.24, 2.45) is 5.92 Å². The molecule has 2 heterocycles. The molecular weight excluding hydrogens is 346 g/mol. The molecule has 1 N–H and O–H groups in total. The fraction of sp³-hybridized carbons (Fsp3) is 0.579. The third-order valence-corrected chi connectivity index (χ3v) is 5.45. The molecular formula is C19H27N5OS. The predicted octanol–water partition coefficient (Wildman–Crippen LogP) is 3.54. The van der Waals surface area contributed by atoms with E-state index in [4.69, 9.17) is 0 Å². The van der Waals surface area contributed by atoms with Crippen LogP contribution in [0.4, 0.5) is 0 Å². The molecule has 0 atom stereocenters. The molecule has 6 nitrogen and oxygen atoms in total. The maximum atomic E-state index is 12.3. The Bertz CT molecular complexity index is 710. The van der Waals surface area contributed by atoms with E-state index in [1.165, 1.54) is 31.0 Å². The number of carbonyl (C=O) groups excluding carboxylic acids is 1. The van der Waals surface area contributed by atoms with Gasteiger partial charge in [-0.1, -0.05) is 44.9 Å². The third kappa shape index (κ3) is 5.06. The van der Waals surface area contributed by atoms with E-state index in [0.717, 1.165) is 35.9 Å². The average Bonchev–Trinajstić information content (AvgIpc) is 3.03. The van der Waals surface area contributed by atoms with Gasteiger partial charge in [0.1, 0.15) is 0 Å². The Hall–Kier alpha value is -1.89. The molecule has 1 saturated carbocycles. The van der Waals surface area contributed by atoms with Crippen LogP contribution in [0.2, 0.25) is 0 Å². The number of rotatable bonds is 7. The van der Waals surface area contributed by atoms with Crippen LogP contribution in [-0.4, -0.2) is 37.5 Å². The summed E-state index contributed by atoms with van der Waals surface area (Å²) < 4.78 is 2.10. The Morgan fingerprint density at radius 2 is 2.12 bits per heavy atom. The number of thioether (sulfide) groups is 1. The minimum Gasteiger partial charge on any atom is -0.353 e. The Morgan fingerprint density at radius 3 is 2.81 bits per heavy atom. The summed E-state index contributed by atoms with van der Waals surface area (Å²) in [6.45, 7) is 5.14. The van der Waals surface area contributed by atoms with Crippen LogP contribution in [0.1, 0.15) is 46.0 Å². The van der Waals surface area contributed by atoms with Crippen LogP contribution >= 0.6 is 11.8 Å². The second kappa shape index (κ2) is 9.16. The van der Waals surface area contributed by atoms with Gasteiger partial charge in [-0.3, -0.25) is 9.78 Å². The van der Waals surface area contributed by atoms with E-state index in [9.17, 15) is 4.79 Å². The molecule has 1 fully saturated rings. The first-order chi connectivity index (χ1) is 12.6. The smallest absolute Gasteiger partial charge is 0.230 e. The fourth-order valence-electron chi connectivity index (χ4n) is 3.28. The van der Waals surface area contributed by atoms with Crippen LogP contribution in [0.25, 0.3) is 11.4 Å². The second-order valence-electron chi connectivity index (χ2n) is 7.24. The molecule has 1 aliphatic rings. The molecule has 0 unspecified atom stereocenters. The first-order valence-electron chi connectivity index (χ1n) is 9.39. The Labute approximate surface area is 159 Å². The molecule has 7 heteroatoms. The Kier molecular flexibility index (Phi) is 6.66. The molecule has 0 aliphatic heterocycles. The van der Waals surface area contributed by atoms with Crippen molar-refractivity contribution < 1.29 is 4.79 Å². The fourth-order valence-corrected chi connectivity index (χ4v) is 4.04. The number of hydrogen-bond acceptors (Lipinski definition) is 5. The summed E-state index contributed by atoms with van der Waals surface area (Å²) in [4.78, 5) is 16.5. The van der Waals surface area contributed by atoms with Crippen LogP contribution in [-0.2, 0) is 11.3 Å². The van der Waals surface area contributed by atoms with Crippen molar-refractivity contribution in [1.29, 1.82) is 0 Å². The Morgan fingerprint density at radius 1 is 1.31 bits per heavy atom. The standard InChI is InChI=1S/C19H27N5OS/c1-14(2)12-24-18(15-7-6-10-20-11-15)22-23-19(24)26-13-17(25)21-16-8-4-3-5-9-16/h6-7,10-11,14,16H,3-5,8-9,12-13H2,1-2H3,(H,21,25). The molecule has 2 aromatic heterocycles. The van der Waals surface area contributed by atoms with Crippen molar-refractivity contribution in [3.63, 3.8) is 0 Å². The lowest BCUT2D eigenvalue weighted by Crippen LogP contribution is -2.37. The van der Waals surface area contributed by atoms with Crippen molar-refractivity contribution in [1.82, 2.24) is 25.1 Å². The molecule has 0 spiro atoms. The monoisotopic (exact) mass is 373 g/mol. The number of aromatic nitrogens is 4. The molecule has 0 radical (unpaired) electrons. The van der Waals surface area contributed by atoms with Crippen LogP contribution in [0.15, 0.2) is 29.7 Å². The van der Waals surface area contributed by atoms with Gasteiger partial charge in [0.2, 0.25) is 5.91 Å². The molecule has 0 bridgehead atoms. The summed E-state index contributed by atoms with van der Waals surface area (Å²) in [6.07, 6.45) is 9.47. The minimum absolute atomic E-state index is 0.0870. The van der Waals surface area contributed by atoms with Crippen molar-refractivity contribution >= 4 is 17.7 Å². The van der Waals surface area contributed by atoms with Gasteiger partial charge in [-0.05, 0) is 30.9 Å². The van der Waals surface area contributed by atoms with Crippen molar-refractivity contribution in [3.8, 4) is 11.4 Å². The molecule has 1 aliphatic carbocycles. The molecule has 0 saturated heterocycles. The van der Waals surface area contributed by atoms with E-state index in [1.807, 2.05) is 12.1 Å². The minimum atomic E-state index is 0.0870. The zero-order valence-electron chi connectivity index (χ0n) is 15.5. The summed E-state index contributed by atoms with van der Waals surface area (Å²) in [6, 6.07) is 4.23. The normalized spacial score (nSPS) is 15.3. The maximum Gasteiger partial charge on any atom is 0.230 e. The summed E-state index contributed by atoms with van der Waals surface area (Å²) >= 11 is 1.46. The summed E-state index contributed by atoms with van der Waals surface area (Å²) in [7, 11) is 0. The molecule has 26 heavy (non-hydrogen) atoms. The van der Waals surface area contributed by atoms with E-state index >= 15 is 0 Å². The zero-order valence-corrected chi connectivity index (χ0v) is 16.3. The predicted molar refractivity (Wildman–Crippen MR) is 104 cm³/mol. The lowest BCUT2D eigenvalue weighted by atomic mass is 9.95. The first-order valence-corrected chi connectivity index (χ1v) is 10.4. The topological polar surface area (TPSA) is 72.7 Å². The Balaban J connectivity index is 1.67. The summed E-state index contributed by atoms with van der Waals surface area (Å²) in [5, 5.41) is 12.6. The van der Waals surface area contributed by atoms with Gasteiger partial charge in [-0.25, -0.2) is 0 Å². The lowest BCUT2D eigenvalue weighted by molar-refractivity contribution is -0.119. The quantitative estimate of drug-likeness (QED) is 0.752. The number of pyridine rings is 1. The van der Waals surface area contributed by atoms with Gasteiger partial charge in [0, 0.05) is 30.5 Å². The lowest BCUT2D eigenvalue weighted by Gasteiger charge is -2.22. The van der Waals surface area contributed by atoms with Gasteiger partial charge < -0.3 is 9.88 Å². The van der Waals surface area contributed by atoms with Crippen LogP contribution < -0.4 is 5.32 Å². The van der Waals surface area contributed by atoms with Crippen molar-refractivity contribution in [2.75, 3.05) is 5.75 Å². The van der Waals surface area contributed by atoms with E-state index in [1.54, 1.807) is 12.4 Å². The highest BCUT2D eigenvalue weighted by Crippen LogP contribution is 2.25. The summed E-state index contributed by atoms with van der Waals surface area (Å²) in [5.74, 6) is 1.72. The van der Waals surface area contributed by atoms with Gasteiger partial charge in [0.15, 0.2) is 11.0 Å². The van der Waals surface area contributed by atoms with Crippen LogP contribution in [0, 0.1) is 5.92 Å². The number of nitrogens with zero attached hydrogens (tertiary/aromatic N) is 4. The van der Waals surface area contributed by atoms with Crippen molar-refractivity contribution in [3.05, 3.63) is 24.5 Å². The molecule has 140 valence electrons. The third-order valence-electron chi connectivity index (χ3n) is 4.49. The van der Waals surface area contributed by atoms with E-state index < -0.39 is 0 Å². The van der Waals surface area contributed by atoms with Gasteiger partial charge in [-0.15, -0.1) is 10.2 Å². The molecule has 1 amide bonds. The molecule has 3 rings (SSSR count). The average molecular weight is 374 g/mol. The highest BCUT2D eigenvalue weighted by Gasteiger charge is 2.19. The zero-order chi connectivity index (χ0) is 18.4.